The second kappa shape index (κ2) is 13.9. The normalized spacial score (nSPS) is 11.8. The largest absolute Gasteiger partial charge is 0.468 e. The fraction of sp³-hybridized carbons (Fsp3) is 0.345. The summed E-state index contributed by atoms with van der Waals surface area (Å²) in [5, 5.41) is 0.167. The first-order valence-electron chi connectivity index (χ1n) is 13.2. The van der Waals surface area contributed by atoms with Crippen LogP contribution in [0.25, 0.3) is 20.7 Å². The first-order chi connectivity index (χ1) is 20.5. The minimum Gasteiger partial charge on any atom is -0.468 e. The average Bonchev–Trinajstić information content (AvgIpc) is 3.35. The van der Waals surface area contributed by atoms with Crippen LogP contribution in [0, 0.1) is 0 Å². The molecule has 0 aliphatic carbocycles. The maximum Gasteiger partial charge on any atom is 0.332 e. The molecule has 0 aliphatic rings. The number of aromatic nitrogens is 2. The van der Waals surface area contributed by atoms with Gasteiger partial charge in [0, 0.05) is 36.0 Å². The summed E-state index contributed by atoms with van der Waals surface area (Å²) in [5.41, 5.74) is 0.613. The monoisotopic (exact) mass is 647 g/mol. The van der Waals surface area contributed by atoms with Crippen LogP contribution >= 0.6 is 23.1 Å². The lowest BCUT2D eigenvalue weighted by atomic mass is 10.1. The van der Waals surface area contributed by atoms with Gasteiger partial charge < -0.3 is 14.2 Å². The van der Waals surface area contributed by atoms with Gasteiger partial charge in [-0.05, 0) is 54.6 Å². The van der Waals surface area contributed by atoms with Crippen LogP contribution in [-0.4, -0.2) is 67.9 Å². The molecule has 2 aromatic carbocycles. The first kappa shape index (κ1) is 32.5. The van der Waals surface area contributed by atoms with Gasteiger partial charge in [0.15, 0.2) is 6.79 Å². The Kier molecular flexibility index (Phi) is 10.5. The summed E-state index contributed by atoms with van der Waals surface area (Å²) in [7, 11) is -0.700. The van der Waals surface area contributed by atoms with Gasteiger partial charge in [0.05, 0.1) is 24.8 Å². The van der Waals surface area contributed by atoms with Crippen molar-refractivity contribution in [2.24, 2.45) is 0 Å². The fourth-order valence-electron chi connectivity index (χ4n) is 4.49. The Hall–Kier alpha value is -3.43. The lowest BCUT2D eigenvalue weighted by Gasteiger charge is -2.16. The molecule has 4 aromatic rings. The molecule has 0 fully saturated rings. The molecule has 0 saturated heterocycles. The number of nitrogens with zero attached hydrogens (tertiary/aromatic N) is 3. The van der Waals surface area contributed by atoms with Crippen molar-refractivity contribution in [1.29, 1.82) is 0 Å². The topological polar surface area (TPSA) is 126 Å². The molecule has 0 amide bonds. The molecule has 0 spiro atoms. The second-order valence-electron chi connectivity index (χ2n) is 9.56. The minimum atomic E-state index is -3.64. The van der Waals surface area contributed by atoms with Crippen LogP contribution in [0.2, 0.25) is 0 Å². The highest BCUT2D eigenvalue weighted by molar-refractivity contribution is 7.98. The Labute approximate surface area is 257 Å². The van der Waals surface area contributed by atoms with E-state index in [1.54, 1.807) is 31.2 Å². The quantitative estimate of drug-likeness (QED) is 0.122. The number of hydrogen-bond acceptors (Lipinski definition) is 10. The summed E-state index contributed by atoms with van der Waals surface area (Å²) < 4.78 is 44.0. The van der Waals surface area contributed by atoms with Gasteiger partial charge in [0.2, 0.25) is 10.0 Å². The fourth-order valence-corrected chi connectivity index (χ4v) is 6.76. The van der Waals surface area contributed by atoms with E-state index >= 15 is 0 Å². The Morgan fingerprint density at radius 1 is 1.07 bits per heavy atom. The van der Waals surface area contributed by atoms with Gasteiger partial charge in [-0.25, -0.2) is 22.1 Å². The third-order valence-electron chi connectivity index (χ3n) is 6.67. The van der Waals surface area contributed by atoms with Crippen LogP contribution in [0.3, 0.4) is 0 Å². The van der Waals surface area contributed by atoms with Gasteiger partial charge in [-0.15, -0.1) is 23.1 Å². The summed E-state index contributed by atoms with van der Waals surface area (Å²) in [6.07, 6.45) is 3.01. The summed E-state index contributed by atoms with van der Waals surface area (Å²) >= 11 is 2.74. The molecule has 0 radical (unpaired) electrons. The zero-order valence-corrected chi connectivity index (χ0v) is 26.9. The summed E-state index contributed by atoms with van der Waals surface area (Å²) in [6.45, 7) is 1.20. The van der Waals surface area contributed by atoms with E-state index in [4.69, 9.17) is 14.2 Å². The molecule has 11 nitrogen and oxygen atoms in total. The zero-order chi connectivity index (χ0) is 31.3. The van der Waals surface area contributed by atoms with E-state index in [0.717, 1.165) is 25.6 Å². The maximum atomic E-state index is 14.0. The van der Waals surface area contributed by atoms with E-state index in [1.165, 1.54) is 41.8 Å². The predicted octanol–water partition coefficient (Wildman–Crippen LogP) is 3.60. The zero-order valence-electron chi connectivity index (χ0n) is 24.5. The van der Waals surface area contributed by atoms with Crippen LogP contribution in [0.5, 0.6) is 5.75 Å². The van der Waals surface area contributed by atoms with Crippen molar-refractivity contribution >= 4 is 49.3 Å². The Morgan fingerprint density at radius 3 is 2.40 bits per heavy atom. The Balaban J connectivity index is 2.05. The molecule has 2 heterocycles. The van der Waals surface area contributed by atoms with Crippen LogP contribution in [-0.2, 0) is 43.9 Å². The van der Waals surface area contributed by atoms with Crippen molar-refractivity contribution in [3.8, 4) is 16.2 Å². The molecule has 0 atom stereocenters. The van der Waals surface area contributed by atoms with Gasteiger partial charge in [-0.3, -0.25) is 14.2 Å². The van der Waals surface area contributed by atoms with E-state index in [2.05, 4.69) is 0 Å². The van der Waals surface area contributed by atoms with Crippen molar-refractivity contribution in [2.45, 2.75) is 31.5 Å². The third kappa shape index (κ3) is 7.21. The van der Waals surface area contributed by atoms with E-state index in [1.807, 2.05) is 30.5 Å². The number of benzene rings is 2. The molecule has 0 aliphatic heterocycles. The van der Waals surface area contributed by atoms with E-state index in [9.17, 15) is 22.8 Å². The minimum absolute atomic E-state index is 0.0659. The summed E-state index contributed by atoms with van der Waals surface area (Å²) in [6, 6.07) is 14.7. The maximum absolute atomic E-state index is 14.0. The molecule has 2 aromatic heterocycles. The number of esters is 1. The van der Waals surface area contributed by atoms with Crippen LogP contribution in [0.1, 0.15) is 18.1 Å². The molecular formula is C29H33N3O8S3. The van der Waals surface area contributed by atoms with Gasteiger partial charge in [0.1, 0.15) is 17.1 Å². The van der Waals surface area contributed by atoms with Crippen molar-refractivity contribution < 1.29 is 27.4 Å². The molecular weight excluding hydrogens is 615 g/mol. The van der Waals surface area contributed by atoms with Crippen molar-refractivity contribution in [1.82, 2.24) is 13.4 Å². The van der Waals surface area contributed by atoms with Crippen molar-refractivity contribution in [3.63, 3.8) is 0 Å². The number of thiophene rings is 1. The van der Waals surface area contributed by atoms with Gasteiger partial charge in [0.25, 0.3) is 5.56 Å². The highest BCUT2D eigenvalue weighted by atomic mass is 32.2. The number of methoxy groups -OCH3 is 1. The van der Waals surface area contributed by atoms with Crippen LogP contribution in [0.15, 0.2) is 63.0 Å². The lowest BCUT2D eigenvalue weighted by molar-refractivity contribution is -0.143. The number of rotatable bonds is 13. The van der Waals surface area contributed by atoms with Crippen LogP contribution in [0.4, 0.5) is 0 Å². The summed E-state index contributed by atoms with van der Waals surface area (Å²) in [4.78, 5) is 42.4. The van der Waals surface area contributed by atoms with Crippen molar-refractivity contribution in [3.05, 3.63) is 80.5 Å². The molecule has 0 saturated carbocycles. The molecule has 0 unspecified atom stereocenters. The second-order valence-corrected chi connectivity index (χ2v) is 13.5. The molecule has 43 heavy (non-hydrogen) atoms. The number of fused-ring (bicyclic) bond motifs is 1. The number of hydrogen-bond donors (Lipinski definition) is 0. The first-order valence-corrected chi connectivity index (χ1v) is 17.1. The van der Waals surface area contributed by atoms with E-state index in [-0.39, 0.29) is 31.9 Å². The molecule has 0 bridgehead atoms. The number of carbonyl (C=O) groups is 1. The number of thioether (sulfide) groups is 1. The standard InChI is InChI=1S/C29H33N3O8S3/c1-6-39-24(33)17-31-27(34)25-22(16-30(2)43(5,36)37)26(19-11-13-21(14-12-19)40-18-38-3)42-28(25)32(29(31)35)15-20-9-7-8-10-23(20)41-4/h7-14H,6,15-18H2,1-5H3. The van der Waals surface area contributed by atoms with E-state index < -0.39 is 33.8 Å². The smallest absolute Gasteiger partial charge is 0.332 e. The molecule has 230 valence electrons. The molecule has 0 N–H and O–H groups in total. The SMILES string of the molecule is CCOC(=O)Cn1c(=O)c2c(CN(C)S(C)(=O)=O)c(-c3ccc(OCOC)cc3)sc2n(Cc2ccccc2SC)c1=O. The number of ether oxygens (including phenoxy) is 3. The lowest BCUT2D eigenvalue weighted by Crippen LogP contribution is -2.42. The van der Waals surface area contributed by atoms with Gasteiger partial charge in [-0.2, -0.15) is 0 Å². The van der Waals surface area contributed by atoms with Crippen LogP contribution < -0.4 is 16.0 Å². The average molecular weight is 648 g/mol. The van der Waals surface area contributed by atoms with Gasteiger partial charge in [-0.1, -0.05) is 18.2 Å². The van der Waals surface area contributed by atoms with Gasteiger partial charge >= 0.3 is 11.7 Å². The third-order valence-corrected chi connectivity index (χ3v) is 10.1. The predicted molar refractivity (Wildman–Crippen MR) is 169 cm³/mol. The Bertz CT molecular complexity index is 1840. The summed E-state index contributed by atoms with van der Waals surface area (Å²) in [5.74, 6) is -0.169. The molecule has 14 heteroatoms. The van der Waals surface area contributed by atoms with E-state index in [0.29, 0.717) is 26.6 Å². The highest BCUT2D eigenvalue weighted by Crippen LogP contribution is 2.39. The highest BCUT2D eigenvalue weighted by Gasteiger charge is 2.26. The Morgan fingerprint density at radius 2 is 1.77 bits per heavy atom. The molecule has 4 rings (SSSR count). The number of sulfonamides is 1. The number of carbonyl (C=O) groups excluding carboxylic acids is 1. The van der Waals surface area contributed by atoms with Crippen molar-refractivity contribution in [2.75, 3.05) is 40.1 Å².